The van der Waals surface area contributed by atoms with E-state index in [0.717, 1.165) is 24.6 Å². The van der Waals surface area contributed by atoms with E-state index < -0.39 is 9.84 Å². The fraction of sp³-hybridized carbons (Fsp3) is 0.312. The first-order chi connectivity index (χ1) is 12.0. The van der Waals surface area contributed by atoms with Gasteiger partial charge in [-0.3, -0.25) is 0 Å². The van der Waals surface area contributed by atoms with Gasteiger partial charge in [-0.15, -0.1) is 0 Å². The van der Waals surface area contributed by atoms with Crippen LogP contribution in [0.1, 0.15) is 0 Å². The van der Waals surface area contributed by atoms with Crippen molar-refractivity contribution in [3.63, 3.8) is 0 Å². The lowest BCUT2D eigenvalue weighted by Gasteiger charge is -2.36. The lowest BCUT2D eigenvalue weighted by Crippen LogP contribution is -2.47. The van der Waals surface area contributed by atoms with E-state index in [1.807, 2.05) is 21.7 Å². The van der Waals surface area contributed by atoms with E-state index in [1.165, 1.54) is 6.26 Å². The van der Waals surface area contributed by atoms with Crippen LogP contribution in [0.25, 0.3) is 5.65 Å². The van der Waals surface area contributed by atoms with Crippen molar-refractivity contribution in [2.24, 2.45) is 0 Å². The van der Waals surface area contributed by atoms with Gasteiger partial charge < -0.3 is 14.2 Å². The average molecular weight is 358 g/mol. The predicted molar refractivity (Wildman–Crippen MR) is 94.8 cm³/mol. The maximum absolute atomic E-state index is 12.0. The maximum atomic E-state index is 12.0. The van der Waals surface area contributed by atoms with Crippen LogP contribution >= 0.6 is 0 Å². The Morgan fingerprint density at radius 1 is 0.880 bits per heavy atom. The third kappa shape index (κ3) is 2.91. The number of rotatable bonds is 3. The van der Waals surface area contributed by atoms with Crippen molar-refractivity contribution in [3.8, 4) is 0 Å². The van der Waals surface area contributed by atoms with Crippen molar-refractivity contribution in [1.82, 2.24) is 19.4 Å². The number of sulfone groups is 1. The minimum atomic E-state index is -3.31. The Balaban J connectivity index is 1.58. The largest absolute Gasteiger partial charge is 0.352 e. The maximum Gasteiger partial charge on any atom is 0.180 e. The van der Waals surface area contributed by atoms with Gasteiger partial charge >= 0.3 is 0 Å². The molecule has 130 valence electrons. The zero-order valence-corrected chi connectivity index (χ0v) is 14.6. The number of nitrogens with zero attached hydrogens (tertiary/aromatic N) is 6. The van der Waals surface area contributed by atoms with Gasteiger partial charge in [0, 0.05) is 63.4 Å². The van der Waals surface area contributed by atoms with Gasteiger partial charge in [0.2, 0.25) is 0 Å². The molecule has 9 heteroatoms. The number of pyridine rings is 1. The molecule has 0 radical (unpaired) electrons. The SMILES string of the molecule is CS(=O)(=O)c1cccnc1N1CCN(c2nccn3ccnc23)CC1. The van der Waals surface area contributed by atoms with Gasteiger partial charge in [0.1, 0.15) is 10.7 Å². The number of aromatic nitrogens is 4. The molecule has 25 heavy (non-hydrogen) atoms. The Morgan fingerprint density at radius 3 is 2.16 bits per heavy atom. The summed E-state index contributed by atoms with van der Waals surface area (Å²) in [6.07, 6.45) is 10.1. The molecule has 0 aliphatic carbocycles. The van der Waals surface area contributed by atoms with Gasteiger partial charge in [-0.05, 0) is 12.1 Å². The summed E-state index contributed by atoms with van der Waals surface area (Å²) in [7, 11) is -3.31. The Labute approximate surface area is 145 Å². The van der Waals surface area contributed by atoms with E-state index in [1.54, 1.807) is 30.7 Å². The van der Waals surface area contributed by atoms with E-state index in [2.05, 4.69) is 19.9 Å². The smallest absolute Gasteiger partial charge is 0.180 e. The molecule has 0 atom stereocenters. The summed E-state index contributed by atoms with van der Waals surface area (Å²) in [6, 6.07) is 3.26. The van der Waals surface area contributed by atoms with Crippen LogP contribution in [0.4, 0.5) is 11.6 Å². The second-order valence-corrected chi connectivity index (χ2v) is 7.96. The van der Waals surface area contributed by atoms with Gasteiger partial charge in [0.15, 0.2) is 21.3 Å². The van der Waals surface area contributed by atoms with E-state index >= 15 is 0 Å². The van der Waals surface area contributed by atoms with E-state index in [9.17, 15) is 8.42 Å². The molecule has 1 saturated heterocycles. The fourth-order valence-electron chi connectivity index (χ4n) is 3.10. The second-order valence-electron chi connectivity index (χ2n) is 5.98. The van der Waals surface area contributed by atoms with Crippen LogP contribution in [0, 0.1) is 0 Å². The fourth-order valence-corrected chi connectivity index (χ4v) is 3.94. The predicted octanol–water partition coefficient (Wildman–Crippen LogP) is 0.854. The molecule has 0 amide bonds. The molecule has 1 aliphatic heterocycles. The van der Waals surface area contributed by atoms with Crippen LogP contribution in [-0.4, -0.2) is 60.2 Å². The van der Waals surface area contributed by atoms with Crippen molar-refractivity contribution in [1.29, 1.82) is 0 Å². The molecule has 0 aromatic carbocycles. The van der Waals surface area contributed by atoms with Gasteiger partial charge in [-0.2, -0.15) is 0 Å². The zero-order chi connectivity index (χ0) is 17.4. The number of hydrogen-bond donors (Lipinski definition) is 0. The van der Waals surface area contributed by atoms with Gasteiger partial charge in [-0.1, -0.05) is 0 Å². The zero-order valence-electron chi connectivity index (χ0n) is 13.8. The highest BCUT2D eigenvalue weighted by molar-refractivity contribution is 7.90. The Morgan fingerprint density at radius 2 is 1.48 bits per heavy atom. The molecule has 8 nitrogen and oxygen atoms in total. The lowest BCUT2D eigenvalue weighted by atomic mass is 10.3. The third-order valence-corrected chi connectivity index (χ3v) is 5.44. The number of hydrogen-bond acceptors (Lipinski definition) is 7. The first-order valence-electron chi connectivity index (χ1n) is 7.97. The van der Waals surface area contributed by atoms with Crippen LogP contribution in [0.15, 0.2) is 48.0 Å². The molecular weight excluding hydrogens is 340 g/mol. The minimum Gasteiger partial charge on any atom is -0.352 e. The summed E-state index contributed by atoms with van der Waals surface area (Å²) in [4.78, 5) is 17.6. The summed E-state index contributed by atoms with van der Waals surface area (Å²) in [6.45, 7) is 2.78. The first-order valence-corrected chi connectivity index (χ1v) is 9.86. The van der Waals surface area contributed by atoms with Crippen molar-refractivity contribution in [3.05, 3.63) is 43.1 Å². The molecule has 1 fully saturated rings. The lowest BCUT2D eigenvalue weighted by molar-refractivity contribution is 0.598. The minimum absolute atomic E-state index is 0.275. The third-order valence-electron chi connectivity index (χ3n) is 4.32. The summed E-state index contributed by atoms with van der Waals surface area (Å²) in [5.74, 6) is 1.37. The molecular formula is C16H18N6O2S. The molecule has 0 saturated carbocycles. The van der Waals surface area contributed by atoms with E-state index in [-0.39, 0.29) is 4.90 Å². The topological polar surface area (TPSA) is 83.7 Å². The molecule has 0 N–H and O–H groups in total. The molecule has 0 spiro atoms. The van der Waals surface area contributed by atoms with Crippen molar-refractivity contribution < 1.29 is 8.42 Å². The van der Waals surface area contributed by atoms with Crippen LogP contribution in [-0.2, 0) is 9.84 Å². The summed E-state index contributed by atoms with van der Waals surface area (Å²) < 4.78 is 25.9. The van der Waals surface area contributed by atoms with Crippen LogP contribution in [0.2, 0.25) is 0 Å². The standard InChI is InChI=1S/C16H18N6O2S/c1-25(23,24)13-3-2-4-17-14(13)21-9-11-22(12-10-21)16-15-18-5-7-20(15)8-6-19-16/h2-8H,9-12H2,1H3. The number of fused-ring (bicyclic) bond motifs is 1. The molecule has 3 aromatic heterocycles. The summed E-state index contributed by atoms with van der Waals surface area (Å²) in [5.41, 5.74) is 0.825. The number of imidazole rings is 1. The normalized spacial score (nSPS) is 15.7. The van der Waals surface area contributed by atoms with Gasteiger partial charge in [-0.25, -0.2) is 23.4 Å². The van der Waals surface area contributed by atoms with Gasteiger partial charge in [0.05, 0.1) is 0 Å². The summed E-state index contributed by atoms with van der Waals surface area (Å²) >= 11 is 0. The van der Waals surface area contributed by atoms with Crippen molar-refractivity contribution in [2.75, 3.05) is 42.2 Å². The van der Waals surface area contributed by atoms with Crippen LogP contribution in [0.5, 0.6) is 0 Å². The average Bonchev–Trinajstić information content (AvgIpc) is 3.10. The Hall–Kier alpha value is -2.68. The monoisotopic (exact) mass is 358 g/mol. The molecule has 4 rings (SSSR count). The summed E-state index contributed by atoms with van der Waals surface area (Å²) in [5, 5.41) is 0. The van der Waals surface area contributed by atoms with Gasteiger partial charge in [0.25, 0.3) is 0 Å². The van der Waals surface area contributed by atoms with Crippen LogP contribution in [0.3, 0.4) is 0 Å². The first kappa shape index (κ1) is 15.8. The molecule has 0 bridgehead atoms. The Kier molecular flexibility index (Phi) is 3.79. The van der Waals surface area contributed by atoms with Crippen molar-refractivity contribution in [2.45, 2.75) is 4.90 Å². The van der Waals surface area contributed by atoms with E-state index in [0.29, 0.717) is 18.9 Å². The molecule has 0 unspecified atom stereocenters. The number of piperazine rings is 1. The van der Waals surface area contributed by atoms with E-state index in [4.69, 9.17) is 0 Å². The quantitative estimate of drug-likeness (QED) is 0.686. The molecule has 3 aromatic rings. The van der Waals surface area contributed by atoms with Crippen LogP contribution < -0.4 is 9.80 Å². The van der Waals surface area contributed by atoms with Crippen molar-refractivity contribution >= 4 is 27.1 Å². The molecule has 1 aliphatic rings. The second kappa shape index (κ2) is 5.99. The highest BCUT2D eigenvalue weighted by Crippen LogP contribution is 2.25. The Bertz CT molecular complexity index is 1010. The molecule has 4 heterocycles. The highest BCUT2D eigenvalue weighted by atomic mass is 32.2. The number of anilines is 2. The highest BCUT2D eigenvalue weighted by Gasteiger charge is 2.25.